The minimum absolute atomic E-state index is 0.0689. The standard InChI is InChI=1S/C22H23FO/c1-3-16-5-4-6-17(8-7-16)13-21-15(2)19(11-12-24)22-14-18(23)9-10-20(21)22/h4-10,13-14,16,24H,3,11-12H2,1-2H3/b21-13-. The fourth-order valence-electron chi connectivity index (χ4n) is 3.39. The number of hydrogen-bond donors (Lipinski definition) is 1. The number of benzene rings is 1. The summed E-state index contributed by atoms with van der Waals surface area (Å²) in [7, 11) is 0. The molecular formula is C22H23FO. The highest BCUT2D eigenvalue weighted by molar-refractivity contribution is 6.00. The third kappa shape index (κ3) is 3.20. The van der Waals surface area contributed by atoms with E-state index in [2.05, 4.69) is 50.3 Å². The highest BCUT2D eigenvalue weighted by Crippen LogP contribution is 2.43. The van der Waals surface area contributed by atoms with E-state index in [0.29, 0.717) is 12.3 Å². The maximum atomic E-state index is 13.7. The molecule has 1 aromatic carbocycles. The fourth-order valence-corrected chi connectivity index (χ4v) is 3.39. The van der Waals surface area contributed by atoms with Crippen molar-refractivity contribution >= 4 is 11.1 Å². The lowest BCUT2D eigenvalue weighted by molar-refractivity contribution is 0.305. The van der Waals surface area contributed by atoms with Crippen LogP contribution in [-0.4, -0.2) is 11.7 Å². The van der Waals surface area contributed by atoms with E-state index in [1.807, 2.05) is 6.07 Å². The maximum Gasteiger partial charge on any atom is 0.123 e. The van der Waals surface area contributed by atoms with E-state index in [1.165, 1.54) is 6.07 Å². The van der Waals surface area contributed by atoms with Crippen LogP contribution in [0.25, 0.3) is 11.1 Å². The molecule has 124 valence electrons. The zero-order valence-electron chi connectivity index (χ0n) is 14.2. The third-order valence-corrected chi connectivity index (χ3v) is 4.78. The summed E-state index contributed by atoms with van der Waals surface area (Å²) in [5.74, 6) is 0.240. The van der Waals surface area contributed by atoms with Crippen LogP contribution in [0.4, 0.5) is 4.39 Å². The molecule has 1 N–H and O–H groups in total. The lowest BCUT2D eigenvalue weighted by Gasteiger charge is -2.05. The molecule has 1 atom stereocenters. The van der Waals surface area contributed by atoms with Crippen LogP contribution < -0.4 is 0 Å². The first kappa shape index (κ1) is 16.7. The van der Waals surface area contributed by atoms with Crippen molar-refractivity contribution in [3.8, 4) is 0 Å². The normalized spacial score (nSPS) is 21.2. The minimum atomic E-state index is -0.236. The van der Waals surface area contributed by atoms with E-state index in [4.69, 9.17) is 0 Å². The van der Waals surface area contributed by atoms with Gasteiger partial charge in [0.2, 0.25) is 0 Å². The smallest absolute Gasteiger partial charge is 0.123 e. The Kier molecular flexibility index (Phi) is 4.96. The van der Waals surface area contributed by atoms with Crippen LogP contribution in [0.3, 0.4) is 0 Å². The molecule has 2 heteroatoms. The van der Waals surface area contributed by atoms with Crippen molar-refractivity contribution in [2.75, 3.05) is 6.61 Å². The number of halogens is 1. The summed E-state index contributed by atoms with van der Waals surface area (Å²) in [6.07, 6.45) is 14.6. The number of aliphatic hydroxyl groups excluding tert-OH is 1. The molecule has 1 nitrogen and oxygen atoms in total. The van der Waals surface area contributed by atoms with Crippen LogP contribution in [0.5, 0.6) is 0 Å². The average molecular weight is 322 g/mol. The molecule has 0 saturated heterocycles. The van der Waals surface area contributed by atoms with Gasteiger partial charge in [-0.25, -0.2) is 4.39 Å². The second kappa shape index (κ2) is 7.14. The van der Waals surface area contributed by atoms with Crippen molar-refractivity contribution in [3.63, 3.8) is 0 Å². The molecule has 2 aliphatic carbocycles. The highest BCUT2D eigenvalue weighted by atomic mass is 19.1. The number of aliphatic hydroxyl groups is 1. The Hall–Kier alpha value is -2.19. The van der Waals surface area contributed by atoms with Gasteiger partial charge < -0.3 is 5.11 Å². The summed E-state index contributed by atoms with van der Waals surface area (Å²) in [4.78, 5) is 0. The highest BCUT2D eigenvalue weighted by Gasteiger charge is 2.23. The molecule has 0 spiro atoms. The van der Waals surface area contributed by atoms with Gasteiger partial charge in [-0.15, -0.1) is 0 Å². The average Bonchev–Trinajstić information content (AvgIpc) is 2.74. The first-order valence-electron chi connectivity index (χ1n) is 8.53. The van der Waals surface area contributed by atoms with Crippen molar-refractivity contribution < 1.29 is 9.50 Å². The van der Waals surface area contributed by atoms with Crippen molar-refractivity contribution in [1.29, 1.82) is 0 Å². The number of hydrogen-bond acceptors (Lipinski definition) is 1. The zero-order chi connectivity index (χ0) is 17.1. The summed E-state index contributed by atoms with van der Waals surface area (Å²) in [5, 5.41) is 9.36. The lowest BCUT2D eigenvalue weighted by atomic mass is 10.00. The Morgan fingerprint density at radius 3 is 2.79 bits per heavy atom. The van der Waals surface area contributed by atoms with Crippen molar-refractivity contribution in [1.82, 2.24) is 0 Å². The second-order valence-corrected chi connectivity index (χ2v) is 6.31. The molecular weight excluding hydrogens is 299 g/mol. The molecule has 0 bridgehead atoms. The summed E-state index contributed by atoms with van der Waals surface area (Å²) < 4.78 is 13.7. The summed E-state index contributed by atoms with van der Waals surface area (Å²) in [6.45, 7) is 4.30. The molecule has 3 rings (SSSR count). The molecule has 0 fully saturated rings. The molecule has 0 aliphatic heterocycles. The molecule has 0 aromatic heterocycles. The van der Waals surface area contributed by atoms with Gasteiger partial charge in [0.05, 0.1) is 0 Å². The van der Waals surface area contributed by atoms with Crippen LogP contribution in [0.15, 0.2) is 65.8 Å². The van der Waals surface area contributed by atoms with Crippen LogP contribution in [0, 0.1) is 11.7 Å². The topological polar surface area (TPSA) is 20.2 Å². The Balaban J connectivity index is 2.05. The first-order valence-corrected chi connectivity index (χ1v) is 8.53. The van der Waals surface area contributed by atoms with Crippen LogP contribution in [-0.2, 0) is 0 Å². The van der Waals surface area contributed by atoms with Gasteiger partial charge in [-0.1, -0.05) is 43.4 Å². The summed E-state index contributed by atoms with van der Waals surface area (Å²) >= 11 is 0. The van der Waals surface area contributed by atoms with Gasteiger partial charge in [0.25, 0.3) is 0 Å². The Morgan fingerprint density at radius 2 is 2.04 bits per heavy atom. The molecule has 2 aliphatic rings. The molecule has 1 aromatic rings. The van der Waals surface area contributed by atoms with Crippen molar-refractivity contribution in [3.05, 3.63) is 82.7 Å². The van der Waals surface area contributed by atoms with E-state index in [0.717, 1.165) is 39.8 Å². The largest absolute Gasteiger partial charge is 0.396 e. The minimum Gasteiger partial charge on any atom is -0.396 e. The van der Waals surface area contributed by atoms with Gasteiger partial charge in [0, 0.05) is 6.61 Å². The van der Waals surface area contributed by atoms with E-state index < -0.39 is 0 Å². The number of allylic oxidation sites excluding steroid dienone is 9. The van der Waals surface area contributed by atoms with Crippen LogP contribution >= 0.6 is 0 Å². The first-order chi connectivity index (χ1) is 11.6. The van der Waals surface area contributed by atoms with Gasteiger partial charge in [0.1, 0.15) is 5.82 Å². The second-order valence-electron chi connectivity index (χ2n) is 6.31. The van der Waals surface area contributed by atoms with Gasteiger partial charge in [-0.05, 0) is 77.3 Å². The van der Waals surface area contributed by atoms with Gasteiger partial charge in [-0.2, -0.15) is 0 Å². The summed E-state index contributed by atoms with van der Waals surface area (Å²) in [5.41, 5.74) is 6.38. The summed E-state index contributed by atoms with van der Waals surface area (Å²) in [6, 6.07) is 4.93. The predicted molar refractivity (Wildman–Crippen MR) is 98.8 cm³/mol. The van der Waals surface area contributed by atoms with Crippen LogP contribution in [0.1, 0.15) is 37.8 Å². The Bertz CT molecular complexity index is 790. The van der Waals surface area contributed by atoms with Crippen molar-refractivity contribution in [2.24, 2.45) is 5.92 Å². The SMILES string of the molecule is CCC1C=CC=C(/C=C2/C(C)=C(CCO)c3cc(F)ccc32)C=C1. The number of rotatable bonds is 4. The van der Waals surface area contributed by atoms with E-state index in [9.17, 15) is 9.50 Å². The molecule has 0 heterocycles. The monoisotopic (exact) mass is 322 g/mol. The zero-order valence-corrected chi connectivity index (χ0v) is 14.2. The van der Waals surface area contributed by atoms with Gasteiger partial charge in [-0.3, -0.25) is 0 Å². The molecule has 0 saturated carbocycles. The van der Waals surface area contributed by atoms with Crippen LogP contribution in [0.2, 0.25) is 0 Å². The fraction of sp³-hybridized carbons (Fsp3) is 0.273. The molecule has 1 unspecified atom stereocenters. The van der Waals surface area contributed by atoms with E-state index in [-0.39, 0.29) is 12.4 Å². The lowest BCUT2D eigenvalue weighted by Crippen LogP contribution is -1.89. The van der Waals surface area contributed by atoms with E-state index >= 15 is 0 Å². The predicted octanol–water partition coefficient (Wildman–Crippen LogP) is 5.46. The van der Waals surface area contributed by atoms with E-state index in [1.54, 1.807) is 6.07 Å². The Labute approximate surface area is 143 Å². The maximum absolute atomic E-state index is 13.7. The molecule has 0 radical (unpaired) electrons. The van der Waals surface area contributed by atoms with Gasteiger partial charge >= 0.3 is 0 Å². The molecule has 0 amide bonds. The quantitative estimate of drug-likeness (QED) is 0.780. The molecule has 24 heavy (non-hydrogen) atoms. The van der Waals surface area contributed by atoms with Crippen molar-refractivity contribution in [2.45, 2.75) is 26.7 Å². The van der Waals surface area contributed by atoms with Gasteiger partial charge in [0.15, 0.2) is 0 Å². The number of fused-ring (bicyclic) bond motifs is 1. The third-order valence-electron chi connectivity index (χ3n) is 4.78. The Morgan fingerprint density at radius 1 is 1.21 bits per heavy atom.